The lowest BCUT2D eigenvalue weighted by Gasteiger charge is -2.19. The molecule has 1 aromatic rings. The molecule has 0 saturated heterocycles. The number of alkyl halides is 1. The lowest BCUT2D eigenvalue weighted by molar-refractivity contribution is -0.154. The molecule has 5 heteroatoms. The molecular weight excluding hydrogens is 201 g/mol. The van der Waals surface area contributed by atoms with Crippen LogP contribution in [0.1, 0.15) is 12.0 Å². The van der Waals surface area contributed by atoms with E-state index in [0.717, 1.165) is 0 Å². The van der Waals surface area contributed by atoms with Gasteiger partial charge in [-0.25, -0.2) is 9.18 Å². The van der Waals surface area contributed by atoms with Crippen molar-refractivity contribution in [1.82, 2.24) is 0 Å². The topological polar surface area (TPSA) is 80.4 Å². The van der Waals surface area contributed by atoms with Gasteiger partial charge in [0.05, 0.1) is 6.42 Å². The summed E-state index contributed by atoms with van der Waals surface area (Å²) in [4.78, 5) is 21.4. The Morgan fingerprint density at radius 3 is 2.27 bits per heavy atom. The number of rotatable bonds is 4. The number of primary amides is 1. The van der Waals surface area contributed by atoms with Crippen LogP contribution in [0.3, 0.4) is 0 Å². The Morgan fingerprint density at radius 1 is 1.33 bits per heavy atom. The summed E-state index contributed by atoms with van der Waals surface area (Å²) in [5.41, 5.74) is 1.98. The van der Waals surface area contributed by atoms with Crippen molar-refractivity contribution in [3.05, 3.63) is 35.9 Å². The van der Waals surface area contributed by atoms with E-state index in [1.54, 1.807) is 6.07 Å². The predicted molar refractivity (Wildman–Crippen MR) is 50.7 cm³/mol. The van der Waals surface area contributed by atoms with Gasteiger partial charge in [0.2, 0.25) is 11.6 Å². The van der Waals surface area contributed by atoms with E-state index in [0.29, 0.717) is 0 Å². The van der Waals surface area contributed by atoms with Gasteiger partial charge in [0, 0.05) is 5.56 Å². The summed E-state index contributed by atoms with van der Waals surface area (Å²) in [5, 5.41) is 8.75. The quantitative estimate of drug-likeness (QED) is 0.773. The molecule has 0 spiro atoms. The number of carboxylic acid groups (broad SMARTS) is 1. The van der Waals surface area contributed by atoms with Crippen LogP contribution in [0.4, 0.5) is 4.39 Å². The lowest BCUT2D eigenvalue weighted by atomic mass is 9.92. The van der Waals surface area contributed by atoms with Crippen molar-refractivity contribution in [2.24, 2.45) is 5.73 Å². The van der Waals surface area contributed by atoms with Gasteiger partial charge in [0.25, 0.3) is 0 Å². The molecule has 1 unspecified atom stereocenters. The summed E-state index contributed by atoms with van der Waals surface area (Å²) in [6, 6.07) is 7.21. The summed E-state index contributed by atoms with van der Waals surface area (Å²) < 4.78 is 14.0. The Kier molecular flexibility index (Phi) is 3.04. The lowest BCUT2D eigenvalue weighted by Crippen LogP contribution is -2.35. The third-order valence-electron chi connectivity index (χ3n) is 1.99. The smallest absolute Gasteiger partial charge is 0.346 e. The maximum Gasteiger partial charge on any atom is 0.346 e. The maximum atomic E-state index is 14.0. The molecule has 80 valence electrons. The molecule has 15 heavy (non-hydrogen) atoms. The van der Waals surface area contributed by atoms with E-state index in [9.17, 15) is 14.0 Å². The Bertz CT molecular complexity index is 380. The molecule has 0 fully saturated rings. The molecule has 0 aliphatic rings. The van der Waals surface area contributed by atoms with E-state index >= 15 is 0 Å². The highest BCUT2D eigenvalue weighted by molar-refractivity contribution is 5.87. The highest BCUT2D eigenvalue weighted by Gasteiger charge is 2.42. The zero-order valence-corrected chi connectivity index (χ0v) is 7.81. The first-order valence-electron chi connectivity index (χ1n) is 4.23. The number of hydrogen-bond donors (Lipinski definition) is 2. The number of carbonyl (C=O) groups is 2. The van der Waals surface area contributed by atoms with E-state index in [2.05, 4.69) is 0 Å². The van der Waals surface area contributed by atoms with Crippen LogP contribution in [0.5, 0.6) is 0 Å². The fraction of sp³-hybridized carbons (Fsp3) is 0.200. The number of carboxylic acids is 1. The number of carbonyl (C=O) groups excluding carboxylic acids is 1. The molecule has 3 N–H and O–H groups in total. The number of benzene rings is 1. The molecule has 1 amide bonds. The molecule has 0 heterocycles. The standard InChI is InChI=1S/C10H10FNO3/c11-10(9(14)15,6-8(12)13)7-4-2-1-3-5-7/h1-5H,6H2,(H2,12,13)(H,14,15). The number of hydrogen-bond acceptors (Lipinski definition) is 2. The van der Waals surface area contributed by atoms with Crippen molar-refractivity contribution in [3.63, 3.8) is 0 Å². The van der Waals surface area contributed by atoms with Gasteiger partial charge in [0.1, 0.15) is 0 Å². The monoisotopic (exact) mass is 211 g/mol. The second-order valence-electron chi connectivity index (χ2n) is 3.12. The van der Waals surface area contributed by atoms with E-state index < -0.39 is 24.0 Å². The van der Waals surface area contributed by atoms with Crippen molar-refractivity contribution in [3.8, 4) is 0 Å². The average molecular weight is 211 g/mol. The first-order valence-corrected chi connectivity index (χ1v) is 4.23. The van der Waals surface area contributed by atoms with Crippen LogP contribution >= 0.6 is 0 Å². The van der Waals surface area contributed by atoms with E-state index in [4.69, 9.17) is 10.8 Å². The van der Waals surface area contributed by atoms with Crippen molar-refractivity contribution < 1.29 is 19.1 Å². The minimum Gasteiger partial charge on any atom is -0.479 e. The van der Waals surface area contributed by atoms with Gasteiger partial charge < -0.3 is 10.8 Å². The van der Waals surface area contributed by atoms with Gasteiger partial charge in [-0.2, -0.15) is 0 Å². The molecule has 0 bridgehead atoms. The van der Waals surface area contributed by atoms with Crippen molar-refractivity contribution in [2.45, 2.75) is 12.1 Å². The summed E-state index contributed by atoms with van der Waals surface area (Å²) in [6.45, 7) is 0. The van der Waals surface area contributed by atoms with Crippen molar-refractivity contribution in [1.29, 1.82) is 0 Å². The molecule has 0 aliphatic carbocycles. The van der Waals surface area contributed by atoms with Gasteiger partial charge >= 0.3 is 5.97 Å². The predicted octanol–water partition coefficient (Wildman–Crippen LogP) is 0.811. The molecule has 0 radical (unpaired) electrons. The van der Waals surface area contributed by atoms with Crippen LogP contribution in [0, 0.1) is 0 Å². The van der Waals surface area contributed by atoms with Crippen LogP contribution in [-0.4, -0.2) is 17.0 Å². The number of amides is 1. The van der Waals surface area contributed by atoms with Crippen LogP contribution in [0.15, 0.2) is 30.3 Å². The fourth-order valence-electron chi connectivity index (χ4n) is 1.24. The molecule has 1 aromatic carbocycles. The summed E-state index contributed by atoms with van der Waals surface area (Å²) in [7, 11) is 0. The minimum absolute atomic E-state index is 0.0868. The first kappa shape index (κ1) is 11.2. The van der Waals surface area contributed by atoms with Crippen LogP contribution < -0.4 is 5.73 Å². The Morgan fingerprint density at radius 2 is 1.87 bits per heavy atom. The molecule has 1 rings (SSSR count). The zero-order valence-electron chi connectivity index (χ0n) is 7.81. The van der Waals surface area contributed by atoms with E-state index in [1.807, 2.05) is 0 Å². The summed E-state index contributed by atoms with van der Waals surface area (Å²) >= 11 is 0. The van der Waals surface area contributed by atoms with E-state index in [-0.39, 0.29) is 5.56 Å². The highest BCUT2D eigenvalue weighted by Crippen LogP contribution is 2.29. The third-order valence-corrected chi connectivity index (χ3v) is 1.99. The normalized spacial score (nSPS) is 14.2. The van der Waals surface area contributed by atoms with Crippen LogP contribution in [0.25, 0.3) is 0 Å². The van der Waals surface area contributed by atoms with Gasteiger partial charge in [-0.15, -0.1) is 0 Å². The molecule has 0 saturated carbocycles. The number of halogens is 1. The van der Waals surface area contributed by atoms with E-state index in [1.165, 1.54) is 24.3 Å². The SMILES string of the molecule is NC(=O)CC(F)(C(=O)O)c1ccccc1. The largest absolute Gasteiger partial charge is 0.479 e. The van der Waals surface area contributed by atoms with Gasteiger partial charge in [-0.3, -0.25) is 4.79 Å². The molecule has 0 aliphatic heterocycles. The van der Waals surface area contributed by atoms with Crippen LogP contribution in [0.2, 0.25) is 0 Å². The number of nitrogens with two attached hydrogens (primary N) is 1. The van der Waals surface area contributed by atoms with Gasteiger partial charge in [-0.1, -0.05) is 30.3 Å². The first-order chi connectivity index (χ1) is 6.97. The van der Waals surface area contributed by atoms with Crippen LogP contribution in [-0.2, 0) is 15.3 Å². The zero-order chi connectivity index (χ0) is 11.5. The summed E-state index contributed by atoms with van der Waals surface area (Å²) in [5.74, 6) is -2.71. The third kappa shape index (κ3) is 2.31. The second-order valence-corrected chi connectivity index (χ2v) is 3.12. The fourth-order valence-corrected chi connectivity index (χ4v) is 1.24. The summed E-state index contributed by atoms with van der Waals surface area (Å²) in [6.07, 6.45) is -0.869. The van der Waals surface area contributed by atoms with Gasteiger partial charge in [0.15, 0.2) is 0 Å². The van der Waals surface area contributed by atoms with Crippen molar-refractivity contribution >= 4 is 11.9 Å². The molecule has 1 atom stereocenters. The highest BCUT2D eigenvalue weighted by atomic mass is 19.1. The molecule has 0 aromatic heterocycles. The Hall–Kier alpha value is -1.91. The second kappa shape index (κ2) is 4.08. The molecular formula is C10H10FNO3. The average Bonchev–Trinajstić information content (AvgIpc) is 2.17. The Labute approximate surface area is 85.5 Å². The van der Waals surface area contributed by atoms with Gasteiger partial charge in [-0.05, 0) is 0 Å². The maximum absolute atomic E-state index is 14.0. The number of aliphatic carboxylic acids is 1. The van der Waals surface area contributed by atoms with Crippen molar-refractivity contribution in [2.75, 3.05) is 0 Å². The minimum atomic E-state index is -2.74. The Balaban J connectivity index is 3.13. The molecule has 4 nitrogen and oxygen atoms in total.